The van der Waals surface area contributed by atoms with Crippen LogP contribution < -0.4 is 14.8 Å². The van der Waals surface area contributed by atoms with E-state index in [1.165, 1.54) is 0 Å². The van der Waals surface area contributed by atoms with E-state index in [-0.39, 0.29) is 36.6 Å². The van der Waals surface area contributed by atoms with Gasteiger partial charge >= 0.3 is 6.18 Å². The fraction of sp³-hybridized carbons (Fsp3) is 0.412. The van der Waals surface area contributed by atoms with Gasteiger partial charge in [-0.05, 0) is 62.0 Å². The first-order valence-corrected chi connectivity index (χ1v) is 15.0. The molecule has 242 valence electrons. The normalized spacial score (nSPS) is 17.9. The molecule has 4 rings (SSSR count). The second-order valence-corrected chi connectivity index (χ2v) is 11.6. The van der Waals surface area contributed by atoms with Gasteiger partial charge in [-0.1, -0.05) is 37.3 Å². The maximum absolute atomic E-state index is 13.4. The van der Waals surface area contributed by atoms with Crippen molar-refractivity contribution in [2.75, 3.05) is 32.1 Å². The van der Waals surface area contributed by atoms with Gasteiger partial charge in [0.15, 0.2) is 0 Å². The van der Waals surface area contributed by atoms with Crippen LogP contribution in [0.15, 0.2) is 72.8 Å². The standard InChI is InChI=1S/C34H40F3N3O5/c1-23-19-40(24(2)22-41)33(43)18-26-17-27(38-32(42)15-16-34(35,36)37)11-14-30(26)45-31(23)21-39(3)20-25-9-12-29(13-10-25)44-28-7-5-4-6-8-28/h4-14,17,23-24,31,41H,15-16,18-22H2,1-3H3,(H,38,42)/t23-,24-,31+/m0/s1. The number of fused-ring (bicyclic) bond motifs is 1. The van der Waals surface area contributed by atoms with Crippen LogP contribution in [0.1, 0.15) is 37.8 Å². The van der Waals surface area contributed by atoms with Gasteiger partial charge in [0.05, 0.1) is 25.5 Å². The summed E-state index contributed by atoms with van der Waals surface area (Å²) < 4.78 is 50.2. The van der Waals surface area contributed by atoms with Crippen LogP contribution in [0.2, 0.25) is 0 Å². The zero-order valence-corrected chi connectivity index (χ0v) is 25.7. The third kappa shape index (κ3) is 10.2. The number of carbonyl (C=O) groups excluding carboxylic acids is 2. The molecule has 0 spiro atoms. The van der Waals surface area contributed by atoms with Gasteiger partial charge in [-0.2, -0.15) is 13.2 Å². The smallest absolute Gasteiger partial charge is 0.389 e. The molecule has 2 amide bonds. The highest BCUT2D eigenvalue weighted by Crippen LogP contribution is 2.30. The number of amides is 2. The van der Waals surface area contributed by atoms with Gasteiger partial charge in [0, 0.05) is 43.2 Å². The van der Waals surface area contributed by atoms with Crippen LogP contribution in [0.3, 0.4) is 0 Å². The molecule has 1 aliphatic heterocycles. The van der Waals surface area contributed by atoms with Crippen LogP contribution in [0, 0.1) is 5.92 Å². The van der Waals surface area contributed by atoms with E-state index in [1.54, 1.807) is 30.0 Å². The fourth-order valence-corrected chi connectivity index (χ4v) is 5.17. The molecule has 0 aromatic heterocycles. The summed E-state index contributed by atoms with van der Waals surface area (Å²) in [4.78, 5) is 29.3. The summed E-state index contributed by atoms with van der Waals surface area (Å²) in [5.41, 5.74) is 1.85. The molecule has 1 aliphatic rings. The van der Waals surface area contributed by atoms with E-state index in [0.717, 1.165) is 17.1 Å². The van der Waals surface area contributed by atoms with Crippen LogP contribution in [-0.2, 0) is 22.6 Å². The Morgan fingerprint density at radius 3 is 2.47 bits per heavy atom. The number of ether oxygens (including phenoxy) is 2. The lowest BCUT2D eigenvalue weighted by atomic mass is 10.0. The molecule has 11 heteroatoms. The minimum Gasteiger partial charge on any atom is -0.488 e. The molecule has 0 saturated heterocycles. The van der Waals surface area contributed by atoms with E-state index >= 15 is 0 Å². The molecule has 8 nitrogen and oxygen atoms in total. The molecular formula is C34H40F3N3O5. The van der Waals surface area contributed by atoms with Crippen molar-refractivity contribution in [1.29, 1.82) is 0 Å². The second kappa shape index (κ2) is 15.3. The SMILES string of the molecule is C[C@H]1CN([C@@H](C)CO)C(=O)Cc2cc(NC(=O)CCC(F)(F)F)ccc2O[C@@H]1CN(C)Cc1ccc(Oc2ccccc2)cc1. The molecule has 3 aromatic rings. The number of aliphatic hydroxyl groups is 1. The van der Waals surface area contributed by atoms with Crippen molar-refractivity contribution in [1.82, 2.24) is 9.80 Å². The first-order chi connectivity index (χ1) is 21.4. The van der Waals surface area contributed by atoms with E-state index in [1.807, 2.05) is 68.6 Å². The Labute approximate surface area is 261 Å². The summed E-state index contributed by atoms with van der Waals surface area (Å²) >= 11 is 0. The lowest BCUT2D eigenvalue weighted by Gasteiger charge is -2.34. The first kappa shape index (κ1) is 33.8. The summed E-state index contributed by atoms with van der Waals surface area (Å²) in [5.74, 6) is 0.846. The molecule has 1 heterocycles. The Kier molecular flexibility index (Phi) is 11.5. The van der Waals surface area contributed by atoms with Crippen LogP contribution in [0.5, 0.6) is 17.2 Å². The van der Waals surface area contributed by atoms with Crippen molar-refractivity contribution in [3.05, 3.63) is 83.9 Å². The van der Waals surface area contributed by atoms with Crippen LogP contribution in [0.4, 0.5) is 18.9 Å². The molecule has 0 fully saturated rings. The zero-order valence-electron chi connectivity index (χ0n) is 25.7. The summed E-state index contributed by atoms with van der Waals surface area (Å²) in [6, 6.07) is 21.7. The third-order valence-electron chi connectivity index (χ3n) is 7.68. The Hall–Kier alpha value is -4.09. The Morgan fingerprint density at radius 1 is 1.11 bits per heavy atom. The number of halogens is 3. The molecule has 3 atom stereocenters. The van der Waals surface area contributed by atoms with Crippen molar-refractivity contribution >= 4 is 17.5 Å². The monoisotopic (exact) mass is 627 g/mol. The molecule has 2 N–H and O–H groups in total. The summed E-state index contributed by atoms with van der Waals surface area (Å²) in [5, 5.41) is 12.4. The number of carbonyl (C=O) groups is 2. The molecule has 0 radical (unpaired) electrons. The zero-order chi connectivity index (χ0) is 32.6. The second-order valence-electron chi connectivity index (χ2n) is 11.6. The number of hydrogen-bond donors (Lipinski definition) is 2. The Morgan fingerprint density at radius 2 is 1.80 bits per heavy atom. The Balaban J connectivity index is 1.49. The number of hydrogen-bond acceptors (Lipinski definition) is 6. The quantitative estimate of drug-likeness (QED) is 0.270. The largest absolute Gasteiger partial charge is 0.488 e. The van der Waals surface area contributed by atoms with Gasteiger partial charge < -0.3 is 24.8 Å². The average molecular weight is 628 g/mol. The molecular weight excluding hydrogens is 587 g/mol. The van der Waals surface area contributed by atoms with E-state index in [2.05, 4.69) is 10.2 Å². The maximum Gasteiger partial charge on any atom is 0.389 e. The maximum atomic E-state index is 13.4. The predicted octanol–water partition coefficient (Wildman–Crippen LogP) is 6.04. The van der Waals surface area contributed by atoms with Crippen molar-refractivity contribution in [3.63, 3.8) is 0 Å². The van der Waals surface area contributed by atoms with E-state index in [0.29, 0.717) is 30.9 Å². The van der Waals surface area contributed by atoms with Gasteiger partial charge in [0.2, 0.25) is 11.8 Å². The highest BCUT2D eigenvalue weighted by molar-refractivity contribution is 5.91. The highest BCUT2D eigenvalue weighted by Gasteiger charge is 2.31. The number of para-hydroxylation sites is 1. The topological polar surface area (TPSA) is 91.3 Å². The number of aliphatic hydroxyl groups excluding tert-OH is 1. The number of nitrogens with one attached hydrogen (secondary N) is 1. The lowest BCUT2D eigenvalue weighted by molar-refractivity contribution is -0.142. The number of rotatable bonds is 11. The molecule has 0 saturated carbocycles. The Bertz CT molecular complexity index is 1420. The van der Waals surface area contributed by atoms with Gasteiger partial charge in [-0.3, -0.25) is 14.5 Å². The van der Waals surface area contributed by atoms with E-state index < -0.39 is 31.0 Å². The molecule has 45 heavy (non-hydrogen) atoms. The predicted molar refractivity (Wildman–Crippen MR) is 165 cm³/mol. The number of likely N-dealkylation sites (N-methyl/N-ethyl adjacent to an activating group) is 1. The number of anilines is 1. The summed E-state index contributed by atoms with van der Waals surface area (Å²) in [6.07, 6.45) is -6.77. The number of nitrogens with zero attached hydrogens (tertiary/aromatic N) is 2. The van der Waals surface area contributed by atoms with Gasteiger partial charge in [-0.25, -0.2) is 0 Å². The number of alkyl halides is 3. The lowest BCUT2D eigenvalue weighted by Crippen LogP contribution is -2.47. The van der Waals surface area contributed by atoms with E-state index in [4.69, 9.17) is 9.47 Å². The van der Waals surface area contributed by atoms with Crippen LogP contribution in [-0.4, -0.2) is 71.8 Å². The van der Waals surface area contributed by atoms with Gasteiger partial charge in [0.1, 0.15) is 23.4 Å². The molecule has 3 aromatic carbocycles. The highest BCUT2D eigenvalue weighted by atomic mass is 19.4. The third-order valence-corrected chi connectivity index (χ3v) is 7.68. The van der Waals surface area contributed by atoms with Crippen molar-refractivity contribution in [3.8, 4) is 17.2 Å². The molecule has 0 aliphatic carbocycles. The van der Waals surface area contributed by atoms with Gasteiger partial charge in [-0.15, -0.1) is 0 Å². The number of benzene rings is 3. The van der Waals surface area contributed by atoms with Crippen molar-refractivity contribution in [2.45, 2.75) is 58.0 Å². The first-order valence-electron chi connectivity index (χ1n) is 15.0. The molecule has 0 unspecified atom stereocenters. The average Bonchev–Trinajstić information content (AvgIpc) is 3.04. The van der Waals surface area contributed by atoms with E-state index in [9.17, 15) is 27.9 Å². The van der Waals surface area contributed by atoms with Gasteiger partial charge in [0.25, 0.3) is 0 Å². The van der Waals surface area contributed by atoms with Crippen molar-refractivity contribution < 1.29 is 37.3 Å². The summed E-state index contributed by atoms with van der Waals surface area (Å²) in [7, 11) is 1.98. The fourth-order valence-electron chi connectivity index (χ4n) is 5.17. The van der Waals surface area contributed by atoms with Crippen LogP contribution >= 0.6 is 0 Å². The minimum absolute atomic E-state index is 0.0569. The summed E-state index contributed by atoms with van der Waals surface area (Å²) in [6.45, 7) is 5.07. The minimum atomic E-state index is -4.44. The van der Waals surface area contributed by atoms with Crippen LogP contribution in [0.25, 0.3) is 0 Å². The molecule has 0 bridgehead atoms. The van der Waals surface area contributed by atoms with Crippen molar-refractivity contribution in [2.24, 2.45) is 5.92 Å².